The van der Waals surface area contributed by atoms with E-state index in [2.05, 4.69) is 18.2 Å². The second kappa shape index (κ2) is 9.09. The van der Waals surface area contributed by atoms with Gasteiger partial charge in [-0.2, -0.15) is 5.10 Å². The van der Waals surface area contributed by atoms with Gasteiger partial charge in [-0.3, -0.25) is 4.68 Å². The predicted molar refractivity (Wildman–Crippen MR) is 107 cm³/mol. The Bertz CT molecular complexity index is 811. The summed E-state index contributed by atoms with van der Waals surface area (Å²) < 4.78 is 7.95. The van der Waals surface area contributed by atoms with E-state index >= 15 is 0 Å². The van der Waals surface area contributed by atoms with Gasteiger partial charge in [-0.05, 0) is 29.7 Å². The van der Waals surface area contributed by atoms with E-state index in [0.29, 0.717) is 18.0 Å². The molecule has 0 amide bonds. The van der Waals surface area contributed by atoms with Crippen LogP contribution in [0, 0.1) is 0 Å². The van der Waals surface area contributed by atoms with E-state index in [0.717, 1.165) is 23.2 Å². The van der Waals surface area contributed by atoms with Crippen molar-refractivity contribution in [3.63, 3.8) is 0 Å². The molecule has 2 aromatic carbocycles. The number of hydrogen-bond acceptors (Lipinski definition) is 3. The van der Waals surface area contributed by atoms with Gasteiger partial charge >= 0.3 is 0 Å². The summed E-state index contributed by atoms with van der Waals surface area (Å²) in [6.45, 7) is 3.70. The first kappa shape index (κ1) is 18.1. The van der Waals surface area contributed by atoms with Crippen molar-refractivity contribution < 1.29 is 4.74 Å². The first-order valence-electron chi connectivity index (χ1n) is 9.35. The molecule has 3 aromatic rings. The second-order valence-electron chi connectivity index (χ2n) is 6.58. The lowest BCUT2D eigenvalue weighted by atomic mass is 10.1. The van der Waals surface area contributed by atoms with E-state index in [-0.39, 0.29) is 0 Å². The maximum absolute atomic E-state index is 6.09. The molecule has 4 nitrogen and oxygen atoms in total. The van der Waals surface area contributed by atoms with Crippen molar-refractivity contribution in [2.45, 2.75) is 45.8 Å². The molecule has 0 atom stereocenters. The zero-order valence-corrected chi connectivity index (χ0v) is 15.4. The monoisotopic (exact) mass is 349 g/mol. The third-order valence-electron chi connectivity index (χ3n) is 4.46. The first-order chi connectivity index (χ1) is 12.8. The van der Waals surface area contributed by atoms with Gasteiger partial charge in [-0.25, -0.2) is 0 Å². The number of unbranched alkanes of at least 4 members (excludes halogenated alkanes) is 3. The van der Waals surface area contributed by atoms with Gasteiger partial charge in [-0.15, -0.1) is 0 Å². The minimum Gasteiger partial charge on any atom is -0.487 e. The van der Waals surface area contributed by atoms with Gasteiger partial charge in [-0.1, -0.05) is 62.6 Å². The third-order valence-corrected chi connectivity index (χ3v) is 4.46. The Balaban J connectivity index is 1.66. The molecular formula is C22H27N3O. The van der Waals surface area contributed by atoms with E-state index in [9.17, 15) is 0 Å². The highest BCUT2D eigenvalue weighted by Gasteiger charge is 2.07. The molecule has 0 spiro atoms. The number of nitrogens with two attached hydrogens (primary N) is 1. The fourth-order valence-corrected chi connectivity index (χ4v) is 2.91. The van der Waals surface area contributed by atoms with Gasteiger partial charge in [0.15, 0.2) is 0 Å². The highest BCUT2D eigenvalue weighted by molar-refractivity contribution is 5.68. The summed E-state index contributed by atoms with van der Waals surface area (Å²) in [5.41, 5.74) is 10.0. The van der Waals surface area contributed by atoms with E-state index in [1.165, 1.54) is 25.7 Å². The van der Waals surface area contributed by atoms with E-state index in [1.54, 1.807) is 0 Å². The maximum atomic E-state index is 6.09. The fraction of sp³-hybridized carbons (Fsp3) is 0.318. The number of rotatable bonds is 9. The molecule has 0 saturated heterocycles. The van der Waals surface area contributed by atoms with Gasteiger partial charge in [0.05, 0.1) is 11.9 Å². The number of aromatic nitrogens is 2. The van der Waals surface area contributed by atoms with Crippen molar-refractivity contribution in [3.05, 3.63) is 66.5 Å². The van der Waals surface area contributed by atoms with Crippen LogP contribution in [-0.4, -0.2) is 9.78 Å². The van der Waals surface area contributed by atoms with Crippen molar-refractivity contribution in [3.8, 4) is 16.9 Å². The SMILES string of the molecule is CCCCCCn1cc(-c2ccc(N)c(OCc3ccccc3)c2)cn1. The summed E-state index contributed by atoms with van der Waals surface area (Å²) >= 11 is 0. The number of ether oxygens (including phenoxy) is 1. The van der Waals surface area contributed by atoms with Crippen molar-refractivity contribution in [2.24, 2.45) is 0 Å². The van der Waals surface area contributed by atoms with Crippen molar-refractivity contribution in [1.82, 2.24) is 9.78 Å². The minimum absolute atomic E-state index is 0.505. The lowest BCUT2D eigenvalue weighted by Gasteiger charge is -2.10. The van der Waals surface area contributed by atoms with Crippen LogP contribution >= 0.6 is 0 Å². The number of anilines is 1. The van der Waals surface area contributed by atoms with Crippen molar-refractivity contribution in [2.75, 3.05) is 5.73 Å². The van der Waals surface area contributed by atoms with Gasteiger partial charge in [0.25, 0.3) is 0 Å². The molecular weight excluding hydrogens is 322 g/mol. The first-order valence-corrected chi connectivity index (χ1v) is 9.35. The molecule has 4 heteroatoms. The summed E-state index contributed by atoms with van der Waals surface area (Å²) in [6.07, 6.45) is 8.97. The summed E-state index contributed by atoms with van der Waals surface area (Å²) in [6, 6.07) is 16.0. The van der Waals surface area contributed by atoms with Crippen LogP contribution in [-0.2, 0) is 13.2 Å². The smallest absolute Gasteiger partial charge is 0.143 e. The molecule has 0 aliphatic heterocycles. The quantitative estimate of drug-likeness (QED) is 0.422. The molecule has 0 radical (unpaired) electrons. The van der Waals surface area contributed by atoms with E-state index in [1.807, 2.05) is 59.4 Å². The molecule has 0 saturated carbocycles. The molecule has 2 N–H and O–H groups in total. The molecule has 136 valence electrons. The molecule has 0 aliphatic rings. The summed E-state index contributed by atoms with van der Waals surface area (Å²) in [5.74, 6) is 0.710. The Morgan fingerprint density at radius 3 is 2.65 bits per heavy atom. The average molecular weight is 349 g/mol. The third kappa shape index (κ3) is 4.88. The zero-order valence-electron chi connectivity index (χ0n) is 15.4. The van der Waals surface area contributed by atoms with Crippen LogP contribution in [0.25, 0.3) is 11.1 Å². The largest absolute Gasteiger partial charge is 0.487 e. The van der Waals surface area contributed by atoms with Gasteiger partial charge < -0.3 is 10.5 Å². The molecule has 0 bridgehead atoms. The molecule has 0 unspecified atom stereocenters. The topological polar surface area (TPSA) is 53.1 Å². The van der Waals surface area contributed by atoms with Crippen LogP contribution in [0.15, 0.2) is 60.9 Å². The predicted octanol–water partition coefficient (Wildman–Crippen LogP) is 5.29. The van der Waals surface area contributed by atoms with Crippen LogP contribution in [0.3, 0.4) is 0 Å². The zero-order chi connectivity index (χ0) is 18.2. The normalized spacial score (nSPS) is 10.8. The van der Waals surface area contributed by atoms with Crippen molar-refractivity contribution >= 4 is 5.69 Å². The Hall–Kier alpha value is -2.75. The standard InChI is InChI=1S/C22H27N3O/c1-2-3-4-8-13-25-16-20(15-24-25)19-11-12-21(23)22(14-19)26-17-18-9-6-5-7-10-18/h5-7,9-12,14-16H,2-4,8,13,17,23H2,1H3. The number of hydrogen-bond donors (Lipinski definition) is 1. The highest BCUT2D eigenvalue weighted by Crippen LogP contribution is 2.29. The average Bonchev–Trinajstić information content (AvgIpc) is 3.14. The molecule has 1 aromatic heterocycles. The lowest BCUT2D eigenvalue weighted by molar-refractivity contribution is 0.308. The lowest BCUT2D eigenvalue weighted by Crippen LogP contribution is -1.99. The van der Waals surface area contributed by atoms with E-state index in [4.69, 9.17) is 10.5 Å². The minimum atomic E-state index is 0.505. The number of nitrogen functional groups attached to an aromatic ring is 1. The highest BCUT2D eigenvalue weighted by atomic mass is 16.5. The van der Waals surface area contributed by atoms with Crippen LogP contribution in [0.2, 0.25) is 0 Å². The van der Waals surface area contributed by atoms with Crippen LogP contribution in [0.1, 0.15) is 38.2 Å². The summed E-state index contributed by atoms with van der Waals surface area (Å²) in [7, 11) is 0. The second-order valence-corrected chi connectivity index (χ2v) is 6.58. The Morgan fingerprint density at radius 2 is 1.85 bits per heavy atom. The van der Waals surface area contributed by atoms with Gasteiger partial charge in [0.2, 0.25) is 0 Å². The van der Waals surface area contributed by atoms with Crippen LogP contribution in [0.4, 0.5) is 5.69 Å². The summed E-state index contributed by atoms with van der Waals surface area (Å²) in [5, 5.41) is 4.48. The molecule has 0 aliphatic carbocycles. The fourth-order valence-electron chi connectivity index (χ4n) is 2.91. The Morgan fingerprint density at radius 1 is 1.00 bits per heavy atom. The van der Waals surface area contributed by atoms with Crippen molar-refractivity contribution in [1.29, 1.82) is 0 Å². The van der Waals surface area contributed by atoms with Gasteiger partial charge in [0.1, 0.15) is 12.4 Å². The number of aryl methyl sites for hydroxylation is 1. The van der Waals surface area contributed by atoms with Crippen LogP contribution in [0.5, 0.6) is 5.75 Å². The number of nitrogens with zero attached hydrogens (tertiary/aromatic N) is 2. The molecule has 3 rings (SSSR count). The Labute approximate surface area is 155 Å². The number of benzene rings is 2. The maximum Gasteiger partial charge on any atom is 0.143 e. The summed E-state index contributed by atoms with van der Waals surface area (Å²) in [4.78, 5) is 0. The Kier molecular flexibility index (Phi) is 6.31. The van der Waals surface area contributed by atoms with E-state index < -0.39 is 0 Å². The van der Waals surface area contributed by atoms with Gasteiger partial charge in [0, 0.05) is 18.3 Å². The van der Waals surface area contributed by atoms with Crippen LogP contribution < -0.4 is 10.5 Å². The molecule has 26 heavy (non-hydrogen) atoms. The molecule has 0 fully saturated rings. The molecule has 1 heterocycles.